The standard InChI is InChI=1S/C34H32N4O5S/c1-3-30(34(42)36-25-16-14-23(15-17-25)31(35)39)44-28-11-7-10-26(21-28)37-33(41)29(20-22-12-18-27(43-2)19-13-22)38-32(40)24-8-5-4-6-9-24/h4-21,30H,3H2,1-2H3,(H2,35,39)(H,36,42)(H,37,41)(H,38,40)/b29-20+. The van der Waals surface area contributed by atoms with Gasteiger partial charge in [0.05, 0.1) is 12.4 Å². The van der Waals surface area contributed by atoms with Crippen molar-refractivity contribution in [1.29, 1.82) is 0 Å². The van der Waals surface area contributed by atoms with Crippen LogP contribution in [0.5, 0.6) is 5.75 Å². The van der Waals surface area contributed by atoms with Crippen molar-refractivity contribution in [1.82, 2.24) is 5.32 Å². The summed E-state index contributed by atoms with van der Waals surface area (Å²) < 4.78 is 5.21. The highest BCUT2D eigenvalue weighted by atomic mass is 32.2. The van der Waals surface area contributed by atoms with Crippen molar-refractivity contribution in [2.75, 3.05) is 17.7 Å². The number of hydrogen-bond donors (Lipinski definition) is 4. The Morgan fingerprint density at radius 3 is 2.16 bits per heavy atom. The third-order valence-electron chi connectivity index (χ3n) is 6.43. The first-order valence-electron chi connectivity index (χ1n) is 13.8. The van der Waals surface area contributed by atoms with Crippen LogP contribution in [0.3, 0.4) is 0 Å². The molecule has 0 heterocycles. The van der Waals surface area contributed by atoms with Gasteiger partial charge in [-0.3, -0.25) is 19.2 Å². The average molecular weight is 609 g/mol. The number of rotatable bonds is 12. The van der Waals surface area contributed by atoms with Gasteiger partial charge < -0.3 is 26.4 Å². The predicted molar refractivity (Wildman–Crippen MR) is 173 cm³/mol. The third-order valence-corrected chi connectivity index (χ3v) is 7.78. The van der Waals surface area contributed by atoms with E-state index in [1.165, 1.54) is 11.8 Å². The van der Waals surface area contributed by atoms with E-state index in [-0.39, 0.29) is 11.6 Å². The molecule has 0 aromatic heterocycles. The highest BCUT2D eigenvalue weighted by molar-refractivity contribution is 8.00. The van der Waals surface area contributed by atoms with Crippen LogP contribution in [-0.2, 0) is 9.59 Å². The first kappa shape index (κ1) is 31.6. The molecule has 1 atom stereocenters. The summed E-state index contributed by atoms with van der Waals surface area (Å²) in [7, 11) is 1.57. The van der Waals surface area contributed by atoms with E-state index in [0.717, 1.165) is 4.90 Å². The van der Waals surface area contributed by atoms with Crippen LogP contribution in [0.25, 0.3) is 6.08 Å². The summed E-state index contributed by atoms with van der Waals surface area (Å²) in [6.45, 7) is 1.91. The molecule has 0 fully saturated rings. The van der Waals surface area contributed by atoms with Gasteiger partial charge in [0.2, 0.25) is 11.8 Å². The van der Waals surface area contributed by atoms with Crippen LogP contribution < -0.4 is 26.4 Å². The van der Waals surface area contributed by atoms with Gasteiger partial charge in [-0.25, -0.2) is 0 Å². The maximum absolute atomic E-state index is 13.5. The Kier molecular flexibility index (Phi) is 10.9. The minimum absolute atomic E-state index is 0.0512. The molecular weight excluding hydrogens is 576 g/mol. The molecule has 224 valence electrons. The van der Waals surface area contributed by atoms with Gasteiger partial charge in [-0.05, 0) is 84.8 Å². The molecule has 0 aliphatic rings. The number of amides is 4. The van der Waals surface area contributed by atoms with Crippen LogP contribution in [0, 0.1) is 0 Å². The number of carbonyl (C=O) groups excluding carboxylic acids is 4. The molecule has 10 heteroatoms. The van der Waals surface area contributed by atoms with Gasteiger partial charge in [0.1, 0.15) is 11.4 Å². The summed E-state index contributed by atoms with van der Waals surface area (Å²) in [6, 6.07) is 29.2. The van der Waals surface area contributed by atoms with E-state index < -0.39 is 23.0 Å². The highest BCUT2D eigenvalue weighted by Gasteiger charge is 2.20. The SMILES string of the molecule is CCC(Sc1cccc(NC(=O)/C(=C\c2ccc(OC)cc2)NC(=O)c2ccccc2)c1)C(=O)Nc1ccc(C(N)=O)cc1. The van der Waals surface area contributed by atoms with Crippen molar-refractivity contribution in [2.45, 2.75) is 23.5 Å². The zero-order chi connectivity index (χ0) is 31.5. The lowest BCUT2D eigenvalue weighted by molar-refractivity contribution is -0.116. The van der Waals surface area contributed by atoms with Crippen molar-refractivity contribution in [3.63, 3.8) is 0 Å². The van der Waals surface area contributed by atoms with Crippen molar-refractivity contribution in [2.24, 2.45) is 5.73 Å². The van der Waals surface area contributed by atoms with Crippen LogP contribution >= 0.6 is 11.8 Å². The van der Waals surface area contributed by atoms with Crippen molar-refractivity contribution in [3.05, 3.63) is 126 Å². The lowest BCUT2D eigenvalue weighted by Gasteiger charge is -2.16. The van der Waals surface area contributed by atoms with E-state index in [1.54, 1.807) is 110 Å². The molecule has 0 radical (unpaired) electrons. The molecule has 1 unspecified atom stereocenters. The highest BCUT2D eigenvalue weighted by Crippen LogP contribution is 2.29. The Morgan fingerprint density at radius 2 is 1.52 bits per heavy atom. The maximum atomic E-state index is 13.5. The summed E-state index contributed by atoms with van der Waals surface area (Å²) in [4.78, 5) is 51.5. The normalized spacial score (nSPS) is 11.6. The molecule has 9 nitrogen and oxygen atoms in total. The van der Waals surface area contributed by atoms with Crippen LogP contribution in [0.1, 0.15) is 39.6 Å². The number of benzene rings is 4. The average Bonchev–Trinajstić information content (AvgIpc) is 3.04. The van der Waals surface area contributed by atoms with E-state index >= 15 is 0 Å². The Balaban J connectivity index is 1.48. The molecular formula is C34H32N4O5S. The summed E-state index contributed by atoms with van der Waals surface area (Å²) in [5.41, 5.74) is 7.83. The van der Waals surface area contributed by atoms with Crippen LogP contribution in [0.2, 0.25) is 0 Å². The number of hydrogen-bond acceptors (Lipinski definition) is 6. The van der Waals surface area contributed by atoms with Crippen molar-refractivity contribution in [3.8, 4) is 5.75 Å². The smallest absolute Gasteiger partial charge is 0.272 e. The minimum Gasteiger partial charge on any atom is -0.497 e. The molecule has 0 aliphatic carbocycles. The molecule has 4 aromatic carbocycles. The summed E-state index contributed by atoms with van der Waals surface area (Å²) in [6.07, 6.45) is 2.13. The van der Waals surface area contributed by atoms with E-state index in [0.29, 0.717) is 40.2 Å². The van der Waals surface area contributed by atoms with Crippen molar-refractivity contribution >= 4 is 52.8 Å². The lowest BCUT2D eigenvalue weighted by Crippen LogP contribution is -2.30. The van der Waals surface area contributed by atoms with E-state index in [2.05, 4.69) is 16.0 Å². The molecule has 0 spiro atoms. The largest absolute Gasteiger partial charge is 0.497 e. The second-order valence-corrected chi connectivity index (χ2v) is 10.9. The lowest BCUT2D eigenvalue weighted by atomic mass is 10.1. The summed E-state index contributed by atoms with van der Waals surface area (Å²) in [5, 5.41) is 8.03. The molecule has 0 saturated carbocycles. The number of anilines is 2. The number of ether oxygens (including phenoxy) is 1. The summed E-state index contributed by atoms with van der Waals surface area (Å²) >= 11 is 1.35. The Morgan fingerprint density at radius 1 is 0.818 bits per heavy atom. The second-order valence-electron chi connectivity index (χ2n) is 9.58. The number of primary amides is 1. The first-order valence-corrected chi connectivity index (χ1v) is 14.6. The fraction of sp³-hybridized carbons (Fsp3) is 0.118. The topological polar surface area (TPSA) is 140 Å². The van der Waals surface area contributed by atoms with Gasteiger partial charge in [0.15, 0.2) is 0 Å². The molecule has 4 amide bonds. The molecule has 5 N–H and O–H groups in total. The predicted octanol–water partition coefficient (Wildman–Crippen LogP) is 5.71. The van der Waals surface area contributed by atoms with Gasteiger partial charge in [-0.2, -0.15) is 0 Å². The van der Waals surface area contributed by atoms with Gasteiger partial charge >= 0.3 is 0 Å². The van der Waals surface area contributed by atoms with Crippen LogP contribution in [0.4, 0.5) is 11.4 Å². The second kappa shape index (κ2) is 15.2. The van der Waals surface area contributed by atoms with E-state index in [4.69, 9.17) is 10.5 Å². The van der Waals surface area contributed by atoms with E-state index in [9.17, 15) is 19.2 Å². The molecule has 0 saturated heterocycles. The number of nitrogens with two attached hydrogens (primary N) is 1. The Hall–Kier alpha value is -5.35. The number of carbonyl (C=O) groups is 4. The fourth-order valence-electron chi connectivity index (χ4n) is 4.08. The zero-order valence-corrected chi connectivity index (χ0v) is 25.0. The molecule has 0 aliphatic heterocycles. The molecule has 0 bridgehead atoms. The summed E-state index contributed by atoms with van der Waals surface area (Å²) in [5.74, 6) is -1.02. The third kappa shape index (κ3) is 8.83. The van der Waals surface area contributed by atoms with Crippen LogP contribution in [-0.4, -0.2) is 36.0 Å². The molecule has 4 rings (SSSR count). The van der Waals surface area contributed by atoms with Gasteiger partial charge in [-0.1, -0.05) is 43.3 Å². The quantitative estimate of drug-likeness (QED) is 0.120. The van der Waals surface area contributed by atoms with Gasteiger partial charge in [-0.15, -0.1) is 11.8 Å². The van der Waals surface area contributed by atoms with Gasteiger partial charge in [0, 0.05) is 27.4 Å². The Labute approximate surface area is 259 Å². The molecule has 44 heavy (non-hydrogen) atoms. The monoisotopic (exact) mass is 608 g/mol. The molecule has 4 aromatic rings. The number of methoxy groups -OCH3 is 1. The number of thioether (sulfide) groups is 1. The zero-order valence-electron chi connectivity index (χ0n) is 24.2. The van der Waals surface area contributed by atoms with Crippen molar-refractivity contribution < 1.29 is 23.9 Å². The Bertz CT molecular complexity index is 1660. The fourth-order valence-corrected chi connectivity index (χ4v) is 5.10. The maximum Gasteiger partial charge on any atom is 0.272 e. The first-order chi connectivity index (χ1) is 21.2. The van der Waals surface area contributed by atoms with Crippen LogP contribution in [0.15, 0.2) is 114 Å². The van der Waals surface area contributed by atoms with E-state index in [1.807, 2.05) is 13.0 Å². The minimum atomic E-state index is -0.543. The number of nitrogens with one attached hydrogen (secondary N) is 3. The van der Waals surface area contributed by atoms with Gasteiger partial charge in [0.25, 0.3) is 11.8 Å².